The average molecular weight is 276 g/mol. The lowest BCUT2D eigenvalue weighted by Crippen LogP contribution is -2.02. The van der Waals surface area contributed by atoms with E-state index in [2.05, 4.69) is 16.0 Å². The summed E-state index contributed by atoms with van der Waals surface area (Å²) in [5, 5.41) is 10.3. The van der Waals surface area contributed by atoms with Gasteiger partial charge in [-0.3, -0.25) is 0 Å². The van der Waals surface area contributed by atoms with Gasteiger partial charge in [-0.05, 0) is 31.7 Å². The van der Waals surface area contributed by atoms with Crippen LogP contribution in [-0.4, -0.2) is 21.7 Å². The van der Waals surface area contributed by atoms with Gasteiger partial charge in [-0.1, -0.05) is 19.3 Å². The maximum absolute atomic E-state index is 9.17. The molecule has 19 heavy (non-hydrogen) atoms. The normalized spacial score (nSPS) is 17.2. The lowest BCUT2D eigenvalue weighted by molar-refractivity contribution is 0.298. The molecule has 0 unspecified atom stereocenters. The number of thiophene rings is 1. The molecule has 4 heteroatoms. The highest BCUT2D eigenvalue weighted by atomic mass is 32.1. The van der Waals surface area contributed by atoms with Crippen LogP contribution >= 0.6 is 11.3 Å². The summed E-state index contributed by atoms with van der Waals surface area (Å²) in [6, 6.07) is 2.28. The summed E-state index contributed by atoms with van der Waals surface area (Å²) in [4.78, 5) is 11.6. The second-order valence-electron chi connectivity index (χ2n) is 5.39. The molecule has 1 aliphatic carbocycles. The van der Waals surface area contributed by atoms with Gasteiger partial charge in [0.2, 0.25) is 0 Å². The van der Waals surface area contributed by atoms with Crippen molar-refractivity contribution in [3.63, 3.8) is 0 Å². The van der Waals surface area contributed by atoms with Gasteiger partial charge < -0.3 is 5.11 Å². The molecule has 2 aromatic rings. The van der Waals surface area contributed by atoms with E-state index in [1.807, 2.05) is 18.3 Å². The maximum Gasteiger partial charge on any atom is 0.127 e. The summed E-state index contributed by atoms with van der Waals surface area (Å²) >= 11 is 1.83. The van der Waals surface area contributed by atoms with Crippen LogP contribution in [0.3, 0.4) is 0 Å². The molecule has 1 aliphatic rings. The lowest BCUT2D eigenvalue weighted by Gasteiger charge is -2.19. The fraction of sp³-hybridized carbons (Fsp3) is 0.600. The van der Waals surface area contributed by atoms with Crippen LogP contribution in [0.2, 0.25) is 0 Å². The number of aryl methyl sites for hydroxylation is 1. The summed E-state index contributed by atoms with van der Waals surface area (Å²) in [6.07, 6.45) is 7.35. The van der Waals surface area contributed by atoms with Crippen molar-refractivity contribution in [2.24, 2.45) is 0 Å². The molecule has 0 spiro atoms. The average Bonchev–Trinajstić information content (AvgIpc) is 2.84. The zero-order valence-electron chi connectivity index (χ0n) is 11.4. The fourth-order valence-corrected chi connectivity index (χ4v) is 4.27. The van der Waals surface area contributed by atoms with E-state index in [1.54, 1.807) is 0 Å². The molecule has 2 aromatic heterocycles. The molecule has 0 bridgehead atoms. The van der Waals surface area contributed by atoms with Gasteiger partial charge in [-0.15, -0.1) is 11.3 Å². The van der Waals surface area contributed by atoms with Crippen LogP contribution in [0.5, 0.6) is 0 Å². The van der Waals surface area contributed by atoms with Crippen LogP contribution in [0.15, 0.2) is 6.07 Å². The number of aliphatic hydroxyl groups is 1. The lowest BCUT2D eigenvalue weighted by atomic mass is 9.88. The predicted molar refractivity (Wildman–Crippen MR) is 78.8 cm³/mol. The minimum Gasteiger partial charge on any atom is -0.396 e. The van der Waals surface area contributed by atoms with Crippen molar-refractivity contribution in [3.8, 4) is 0 Å². The van der Waals surface area contributed by atoms with Gasteiger partial charge in [-0.2, -0.15) is 0 Å². The van der Waals surface area contributed by atoms with Crippen LogP contribution in [0.1, 0.15) is 54.4 Å². The minimum absolute atomic E-state index is 0.153. The fourth-order valence-electron chi connectivity index (χ4n) is 3.00. The molecule has 1 saturated carbocycles. The molecule has 0 aliphatic heterocycles. The number of rotatable bonds is 3. The Bertz CT molecular complexity index is 573. The zero-order valence-corrected chi connectivity index (χ0v) is 12.2. The first-order chi connectivity index (χ1) is 9.28. The van der Waals surface area contributed by atoms with Gasteiger partial charge in [0.05, 0.1) is 5.69 Å². The van der Waals surface area contributed by atoms with Crippen LogP contribution in [-0.2, 0) is 6.42 Å². The highest BCUT2D eigenvalue weighted by Gasteiger charge is 2.19. The number of aromatic nitrogens is 2. The van der Waals surface area contributed by atoms with Crippen molar-refractivity contribution in [1.29, 1.82) is 0 Å². The molecule has 2 heterocycles. The minimum atomic E-state index is 0.153. The molecule has 0 saturated heterocycles. The smallest absolute Gasteiger partial charge is 0.127 e. The molecule has 3 nitrogen and oxygen atoms in total. The summed E-state index contributed by atoms with van der Waals surface area (Å²) < 4.78 is 0. The van der Waals surface area contributed by atoms with E-state index in [-0.39, 0.29) is 6.61 Å². The van der Waals surface area contributed by atoms with E-state index in [0.717, 1.165) is 27.7 Å². The van der Waals surface area contributed by atoms with Crippen LogP contribution < -0.4 is 0 Å². The Morgan fingerprint density at radius 1 is 1.26 bits per heavy atom. The van der Waals surface area contributed by atoms with Crippen molar-refractivity contribution >= 4 is 21.6 Å². The quantitative estimate of drug-likeness (QED) is 0.932. The Morgan fingerprint density at radius 3 is 2.79 bits per heavy atom. The summed E-state index contributed by atoms with van der Waals surface area (Å²) in [7, 11) is 0. The first-order valence-electron chi connectivity index (χ1n) is 7.15. The largest absolute Gasteiger partial charge is 0.396 e. The van der Waals surface area contributed by atoms with Gasteiger partial charge >= 0.3 is 0 Å². The van der Waals surface area contributed by atoms with Crippen molar-refractivity contribution < 1.29 is 5.11 Å². The van der Waals surface area contributed by atoms with E-state index in [9.17, 15) is 0 Å². The third-order valence-electron chi connectivity index (χ3n) is 3.96. The Balaban J connectivity index is 2.01. The Hall–Kier alpha value is -1.00. The zero-order chi connectivity index (χ0) is 13.2. The van der Waals surface area contributed by atoms with Crippen LogP contribution in [0.25, 0.3) is 10.2 Å². The van der Waals surface area contributed by atoms with Crippen molar-refractivity contribution in [3.05, 3.63) is 22.5 Å². The molecule has 1 fully saturated rings. The molecule has 1 N–H and O–H groups in total. The number of hydrogen-bond acceptors (Lipinski definition) is 4. The topological polar surface area (TPSA) is 46.0 Å². The van der Waals surface area contributed by atoms with E-state index in [1.165, 1.54) is 37.0 Å². The molecule has 0 aromatic carbocycles. The monoisotopic (exact) mass is 276 g/mol. The van der Waals surface area contributed by atoms with Gasteiger partial charge in [0.15, 0.2) is 0 Å². The Kier molecular flexibility index (Phi) is 3.80. The second kappa shape index (κ2) is 5.55. The molecule has 0 atom stereocenters. The highest BCUT2D eigenvalue weighted by molar-refractivity contribution is 7.18. The van der Waals surface area contributed by atoms with E-state index in [4.69, 9.17) is 5.11 Å². The standard InChI is InChI=1S/C15H20N2OS/c1-10-16-13(7-8-18)12-9-14(19-15(12)17-10)11-5-3-2-4-6-11/h9,11,18H,2-8H2,1H3. The third kappa shape index (κ3) is 2.65. The van der Waals surface area contributed by atoms with E-state index >= 15 is 0 Å². The van der Waals surface area contributed by atoms with Gasteiger partial charge in [0.25, 0.3) is 0 Å². The highest BCUT2D eigenvalue weighted by Crippen LogP contribution is 2.38. The molecule has 102 valence electrons. The number of aliphatic hydroxyl groups excluding tert-OH is 1. The van der Waals surface area contributed by atoms with Gasteiger partial charge in [0, 0.05) is 23.3 Å². The Labute approximate surface area is 117 Å². The van der Waals surface area contributed by atoms with Gasteiger partial charge in [0.1, 0.15) is 10.7 Å². The first kappa shape index (κ1) is 13.0. The van der Waals surface area contributed by atoms with Crippen molar-refractivity contribution in [2.45, 2.75) is 51.4 Å². The molecule has 0 amide bonds. The first-order valence-corrected chi connectivity index (χ1v) is 7.97. The molecular weight excluding hydrogens is 256 g/mol. The summed E-state index contributed by atoms with van der Waals surface area (Å²) in [5.41, 5.74) is 1.00. The molecule has 3 rings (SSSR count). The van der Waals surface area contributed by atoms with Crippen molar-refractivity contribution in [2.75, 3.05) is 6.61 Å². The van der Waals surface area contributed by atoms with Crippen LogP contribution in [0.4, 0.5) is 0 Å². The molecular formula is C15H20N2OS. The second-order valence-corrected chi connectivity index (χ2v) is 6.46. The summed E-state index contributed by atoms with van der Waals surface area (Å²) in [6.45, 7) is 2.08. The predicted octanol–water partition coefficient (Wildman–Crippen LogP) is 3.58. The SMILES string of the molecule is Cc1nc(CCO)c2cc(C3CCCCC3)sc2n1. The number of fused-ring (bicyclic) bond motifs is 1. The third-order valence-corrected chi connectivity index (χ3v) is 5.15. The van der Waals surface area contributed by atoms with Crippen molar-refractivity contribution in [1.82, 2.24) is 9.97 Å². The van der Waals surface area contributed by atoms with Crippen LogP contribution in [0, 0.1) is 6.92 Å². The number of hydrogen-bond donors (Lipinski definition) is 1. The number of nitrogens with zero attached hydrogens (tertiary/aromatic N) is 2. The summed E-state index contributed by atoms with van der Waals surface area (Å²) in [5.74, 6) is 1.53. The van der Waals surface area contributed by atoms with Gasteiger partial charge in [-0.25, -0.2) is 9.97 Å². The van der Waals surface area contributed by atoms with E-state index in [0.29, 0.717) is 6.42 Å². The van der Waals surface area contributed by atoms with E-state index < -0.39 is 0 Å². The Morgan fingerprint density at radius 2 is 2.05 bits per heavy atom. The maximum atomic E-state index is 9.17. The molecule has 0 radical (unpaired) electrons.